The maximum absolute atomic E-state index is 12.0. The average molecular weight is 342 g/mol. The molecular weight excluding hydrogens is 324 g/mol. The van der Waals surface area contributed by atoms with Crippen molar-refractivity contribution >= 4 is 45.9 Å². The molecule has 0 atom stereocenters. The smallest absolute Gasteiger partial charge is 0.264 e. The molecule has 5 heteroatoms. The van der Waals surface area contributed by atoms with E-state index in [0.29, 0.717) is 10.1 Å². The zero-order chi connectivity index (χ0) is 16.1. The fourth-order valence-corrected chi connectivity index (χ4v) is 3.78. The standard InChI is InChI=1S/C18H18N2OS2/c1-2-3-5-13-7-9-14(10-8-13)19-18-20-17(21)16(23-18)12-15-6-4-11-22-15/h4,6-12H,2-3,5H2,1H3,(H,19,20,21)/b16-12+. The van der Waals surface area contributed by atoms with E-state index in [1.54, 1.807) is 11.3 Å². The molecule has 0 radical (unpaired) electrons. The fraction of sp³-hybridized carbons (Fsp3) is 0.222. The quantitative estimate of drug-likeness (QED) is 0.778. The van der Waals surface area contributed by atoms with Gasteiger partial charge in [0.05, 0.1) is 10.6 Å². The van der Waals surface area contributed by atoms with Gasteiger partial charge in [0.15, 0.2) is 5.17 Å². The Kier molecular flexibility index (Phi) is 5.31. The third kappa shape index (κ3) is 4.33. The van der Waals surface area contributed by atoms with Gasteiger partial charge in [-0.15, -0.1) is 11.3 Å². The van der Waals surface area contributed by atoms with Gasteiger partial charge in [0, 0.05) is 4.88 Å². The molecule has 1 aromatic carbocycles. The van der Waals surface area contributed by atoms with E-state index in [-0.39, 0.29) is 5.91 Å². The van der Waals surface area contributed by atoms with Gasteiger partial charge in [-0.25, -0.2) is 4.99 Å². The number of aliphatic imine (C=N–C) groups is 1. The monoisotopic (exact) mass is 342 g/mol. The van der Waals surface area contributed by atoms with Gasteiger partial charge < -0.3 is 5.32 Å². The van der Waals surface area contributed by atoms with Crippen LogP contribution in [0, 0.1) is 0 Å². The van der Waals surface area contributed by atoms with Crippen LogP contribution in [0.4, 0.5) is 5.69 Å². The van der Waals surface area contributed by atoms with E-state index in [0.717, 1.165) is 17.0 Å². The molecule has 1 saturated heterocycles. The van der Waals surface area contributed by atoms with Crippen molar-refractivity contribution in [2.24, 2.45) is 4.99 Å². The van der Waals surface area contributed by atoms with Crippen molar-refractivity contribution in [3.8, 4) is 0 Å². The minimum atomic E-state index is -0.0817. The average Bonchev–Trinajstić information content (AvgIpc) is 3.17. The maximum Gasteiger partial charge on any atom is 0.264 e. The van der Waals surface area contributed by atoms with E-state index in [4.69, 9.17) is 0 Å². The fourth-order valence-electron chi connectivity index (χ4n) is 2.22. The highest BCUT2D eigenvalue weighted by Crippen LogP contribution is 2.29. The van der Waals surface area contributed by atoms with Crippen LogP contribution < -0.4 is 5.32 Å². The van der Waals surface area contributed by atoms with Gasteiger partial charge in [0.1, 0.15) is 0 Å². The summed E-state index contributed by atoms with van der Waals surface area (Å²) in [6.45, 7) is 2.20. The molecule has 1 aliphatic rings. The molecule has 2 heterocycles. The van der Waals surface area contributed by atoms with Gasteiger partial charge in [-0.1, -0.05) is 31.5 Å². The SMILES string of the molecule is CCCCc1ccc(N=C2NC(=O)/C(=C\c3cccs3)S2)cc1. The zero-order valence-corrected chi connectivity index (χ0v) is 14.5. The van der Waals surface area contributed by atoms with Crippen molar-refractivity contribution < 1.29 is 4.79 Å². The highest BCUT2D eigenvalue weighted by atomic mass is 32.2. The van der Waals surface area contributed by atoms with Crippen LogP contribution in [0.25, 0.3) is 6.08 Å². The van der Waals surface area contributed by atoms with Crippen LogP contribution in [0.1, 0.15) is 30.2 Å². The van der Waals surface area contributed by atoms with Crippen LogP contribution in [-0.4, -0.2) is 11.1 Å². The largest absolute Gasteiger partial charge is 0.300 e. The number of amidine groups is 1. The minimum Gasteiger partial charge on any atom is -0.300 e. The second-order valence-corrected chi connectivity index (χ2v) is 7.28. The Morgan fingerprint density at radius 1 is 1.22 bits per heavy atom. The number of nitrogens with one attached hydrogen (secondary N) is 1. The molecule has 3 nitrogen and oxygen atoms in total. The summed E-state index contributed by atoms with van der Waals surface area (Å²) in [5, 5.41) is 5.46. The Hall–Kier alpha value is -1.85. The number of hydrogen-bond donors (Lipinski definition) is 1. The van der Waals surface area contributed by atoms with Crippen LogP contribution in [0.3, 0.4) is 0 Å². The van der Waals surface area contributed by atoms with Crippen molar-refractivity contribution in [2.45, 2.75) is 26.2 Å². The number of rotatable bonds is 5. The summed E-state index contributed by atoms with van der Waals surface area (Å²) >= 11 is 3.00. The number of unbranched alkanes of at least 4 members (excludes halogenated alkanes) is 1. The zero-order valence-electron chi connectivity index (χ0n) is 12.9. The summed E-state index contributed by atoms with van der Waals surface area (Å²) in [6.07, 6.45) is 5.41. The van der Waals surface area contributed by atoms with Gasteiger partial charge in [-0.05, 0) is 59.8 Å². The molecule has 1 aromatic heterocycles. The summed E-state index contributed by atoms with van der Waals surface area (Å²) < 4.78 is 0. The molecule has 1 aliphatic heterocycles. The van der Waals surface area contributed by atoms with Gasteiger partial charge in [-0.3, -0.25) is 4.79 Å². The topological polar surface area (TPSA) is 41.5 Å². The van der Waals surface area contributed by atoms with E-state index < -0.39 is 0 Å². The second kappa shape index (κ2) is 7.62. The summed E-state index contributed by atoms with van der Waals surface area (Å²) in [4.78, 5) is 18.3. The van der Waals surface area contributed by atoms with Crippen LogP contribution in [0.15, 0.2) is 51.7 Å². The van der Waals surface area contributed by atoms with E-state index in [1.807, 2.05) is 35.7 Å². The molecule has 3 rings (SSSR count). The molecule has 0 unspecified atom stereocenters. The van der Waals surface area contributed by atoms with E-state index >= 15 is 0 Å². The number of thioether (sulfide) groups is 1. The van der Waals surface area contributed by atoms with E-state index in [2.05, 4.69) is 29.4 Å². The number of benzene rings is 1. The third-order valence-electron chi connectivity index (χ3n) is 3.45. The number of thiophene rings is 1. The molecule has 2 aromatic rings. The van der Waals surface area contributed by atoms with Crippen LogP contribution in [0.2, 0.25) is 0 Å². The first-order valence-corrected chi connectivity index (χ1v) is 9.36. The molecule has 23 heavy (non-hydrogen) atoms. The summed E-state index contributed by atoms with van der Waals surface area (Å²) in [6, 6.07) is 12.2. The molecule has 118 valence electrons. The predicted octanol–water partition coefficient (Wildman–Crippen LogP) is 4.98. The lowest BCUT2D eigenvalue weighted by Crippen LogP contribution is -2.19. The van der Waals surface area contributed by atoms with Crippen LogP contribution in [0.5, 0.6) is 0 Å². The molecular formula is C18H18N2OS2. The first kappa shape index (κ1) is 16.0. The number of hydrogen-bond acceptors (Lipinski definition) is 4. The van der Waals surface area contributed by atoms with E-state index in [9.17, 15) is 4.79 Å². The lowest BCUT2D eigenvalue weighted by Gasteiger charge is -2.01. The Morgan fingerprint density at radius 2 is 2.04 bits per heavy atom. The van der Waals surface area contributed by atoms with Crippen molar-refractivity contribution in [3.05, 3.63) is 57.1 Å². The number of amides is 1. The molecule has 1 amide bonds. The maximum atomic E-state index is 12.0. The minimum absolute atomic E-state index is 0.0817. The van der Waals surface area contributed by atoms with Crippen LogP contribution >= 0.6 is 23.1 Å². The molecule has 0 spiro atoms. The Bertz CT molecular complexity index is 731. The summed E-state index contributed by atoms with van der Waals surface area (Å²) in [7, 11) is 0. The van der Waals surface area contributed by atoms with Crippen molar-refractivity contribution in [1.82, 2.24) is 5.32 Å². The number of nitrogens with zero attached hydrogens (tertiary/aromatic N) is 1. The van der Waals surface area contributed by atoms with Gasteiger partial charge in [0.2, 0.25) is 0 Å². The Morgan fingerprint density at radius 3 is 2.74 bits per heavy atom. The van der Waals surface area contributed by atoms with Crippen molar-refractivity contribution in [1.29, 1.82) is 0 Å². The highest BCUT2D eigenvalue weighted by Gasteiger charge is 2.23. The first-order chi connectivity index (χ1) is 11.2. The van der Waals surface area contributed by atoms with Crippen molar-refractivity contribution in [2.75, 3.05) is 0 Å². The van der Waals surface area contributed by atoms with Crippen LogP contribution in [-0.2, 0) is 11.2 Å². The third-order valence-corrected chi connectivity index (χ3v) is 5.18. The number of carbonyl (C=O) groups excluding carboxylic acids is 1. The number of aryl methyl sites for hydroxylation is 1. The predicted molar refractivity (Wildman–Crippen MR) is 100 cm³/mol. The van der Waals surface area contributed by atoms with E-state index in [1.165, 1.54) is 30.2 Å². The van der Waals surface area contributed by atoms with Crippen molar-refractivity contribution in [3.63, 3.8) is 0 Å². The molecule has 1 N–H and O–H groups in total. The Balaban J connectivity index is 1.70. The highest BCUT2D eigenvalue weighted by molar-refractivity contribution is 8.18. The molecule has 0 saturated carbocycles. The van der Waals surface area contributed by atoms with Gasteiger partial charge in [0.25, 0.3) is 5.91 Å². The lowest BCUT2D eigenvalue weighted by atomic mass is 10.1. The Labute approximate surface area is 144 Å². The number of carbonyl (C=O) groups is 1. The van der Waals surface area contributed by atoms with Gasteiger partial charge in [-0.2, -0.15) is 0 Å². The summed E-state index contributed by atoms with van der Waals surface area (Å²) in [5.74, 6) is -0.0817. The molecule has 1 fully saturated rings. The first-order valence-electron chi connectivity index (χ1n) is 7.66. The normalized spacial score (nSPS) is 17.9. The second-order valence-electron chi connectivity index (χ2n) is 5.27. The molecule has 0 aliphatic carbocycles. The van der Waals surface area contributed by atoms with Gasteiger partial charge >= 0.3 is 0 Å². The summed E-state index contributed by atoms with van der Waals surface area (Å²) in [5.41, 5.74) is 2.20. The molecule has 0 bridgehead atoms. The lowest BCUT2D eigenvalue weighted by molar-refractivity contribution is -0.115.